The van der Waals surface area contributed by atoms with Crippen LogP contribution < -0.4 is 5.73 Å². The van der Waals surface area contributed by atoms with Gasteiger partial charge in [-0.3, -0.25) is 0 Å². The molecule has 0 radical (unpaired) electrons. The molecule has 2 nitrogen and oxygen atoms in total. The Balaban J connectivity index is 2.64. The van der Waals surface area contributed by atoms with Crippen LogP contribution in [0.5, 0.6) is 0 Å². The molecule has 0 saturated heterocycles. The van der Waals surface area contributed by atoms with Crippen molar-refractivity contribution in [2.45, 2.75) is 39.2 Å². The minimum atomic E-state index is -0.156. The molecule has 0 aromatic carbocycles. The Kier molecular flexibility index (Phi) is 2.20. The Morgan fingerprint density at radius 1 is 1.55 bits per heavy atom. The molecule has 1 fully saturated rings. The monoisotopic (exact) mass is 152 g/mol. The topological polar surface area (TPSA) is 49.8 Å². The van der Waals surface area contributed by atoms with Gasteiger partial charge in [0.05, 0.1) is 11.5 Å². The largest absolute Gasteiger partial charge is 0.328 e. The summed E-state index contributed by atoms with van der Waals surface area (Å²) in [5.74, 6) is 0.614. The Morgan fingerprint density at radius 2 is 2.18 bits per heavy atom. The van der Waals surface area contributed by atoms with Crippen LogP contribution >= 0.6 is 0 Å². The highest BCUT2D eigenvalue weighted by Gasteiger charge is 2.33. The maximum atomic E-state index is 8.88. The van der Waals surface area contributed by atoms with Crippen LogP contribution in [0.25, 0.3) is 0 Å². The molecule has 1 rings (SSSR count). The van der Waals surface area contributed by atoms with Gasteiger partial charge in [-0.15, -0.1) is 0 Å². The second-order valence-electron chi connectivity index (χ2n) is 4.18. The van der Waals surface area contributed by atoms with Crippen LogP contribution in [0.4, 0.5) is 0 Å². The maximum Gasteiger partial charge on any atom is 0.0687 e. The third-order valence-corrected chi connectivity index (χ3v) is 2.49. The highest BCUT2D eigenvalue weighted by Crippen LogP contribution is 2.37. The fourth-order valence-electron chi connectivity index (χ4n) is 2.21. The fourth-order valence-corrected chi connectivity index (χ4v) is 2.21. The first-order valence-corrected chi connectivity index (χ1v) is 4.22. The van der Waals surface area contributed by atoms with E-state index in [1.165, 1.54) is 0 Å². The highest BCUT2D eigenvalue weighted by molar-refractivity contribution is 5.01. The zero-order valence-corrected chi connectivity index (χ0v) is 7.30. The van der Waals surface area contributed by atoms with Crippen LogP contribution in [0.15, 0.2) is 0 Å². The van der Waals surface area contributed by atoms with E-state index in [1.807, 2.05) is 6.92 Å². The van der Waals surface area contributed by atoms with Crippen LogP contribution in [0.2, 0.25) is 0 Å². The van der Waals surface area contributed by atoms with E-state index in [0.29, 0.717) is 5.92 Å². The van der Waals surface area contributed by atoms with Gasteiger partial charge in [0.25, 0.3) is 0 Å². The molecule has 1 aliphatic rings. The molecule has 0 aliphatic heterocycles. The molecule has 2 N–H and O–H groups in total. The Bertz CT molecular complexity index is 170. The molecule has 0 unspecified atom stereocenters. The van der Waals surface area contributed by atoms with Crippen molar-refractivity contribution < 1.29 is 0 Å². The number of nitriles is 1. The molecule has 0 aromatic rings. The lowest BCUT2D eigenvalue weighted by atomic mass is 9.70. The lowest BCUT2D eigenvalue weighted by Gasteiger charge is -2.34. The second kappa shape index (κ2) is 2.83. The predicted octanol–water partition coefficient (Wildman–Crippen LogP) is 1.66. The summed E-state index contributed by atoms with van der Waals surface area (Å²) in [5, 5.41) is 8.88. The van der Waals surface area contributed by atoms with E-state index in [0.717, 1.165) is 19.3 Å². The van der Waals surface area contributed by atoms with Crippen LogP contribution in [0.1, 0.15) is 33.1 Å². The summed E-state index contributed by atoms with van der Waals surface area (Å²) >= 11 is 0. The molecule has 62 valence electrons. The smallest absolute Gasteiger partial charge is 0.0687 e. The molecule has 0 aromatic heterocycles. The van der Waals surface area contributed by atoms with Gasteiger partial charge in [-0.1, -0.05) is 6.92 Å². The van der Waals surface area contributed by atoms with Gasteiger partial charge in [-0.05, 0) is 32.1 Å². The number of nitrogens with zero attached hydrogens (tertiary/aromatic N) is 1. The summed E-state index contributed by atoms with van der Waals surface area (Å²) < 4.78 is 0. The molecule has 0 heterocycles. The van der Waals surface area contributed by atoms with E-state index in [4.69, 9.17) is 11.0 Å². The van der Waals surface area contributed by atoms with E-state index < -0.39 is 0 Å². The molecule has 1 saturated carbocycles. The summed E-state index contributed by atoms with van der Waals surface area (Å²) in [7, 11) is 0. The maximum absolute atomic E-state index is 8.88. The van der Waals surface area contributed by atoms with Crippen molar-refractivity contribution in [1.82, 2.24) is 0 Å². The van der Waals surface area contributed by atoms with E-state index in [-0.39, 0.29) is 11.5 Å². The second-order valence-corrected chi connectivity index (χ2v) is 4.18. The lowest BCUT2D eigenvalue weighted by molar-refractivity contribution is 0.207. The molecule has 2 heteroatoms. The quantitative estimate of drug-likeness (QED) is 0.574. The number of nitrogens with two attached hydrogens (primary N) is 1. The molecule has 1 aliphatic carbocycles. The summed E-state index contributed by atoms with van der Waals surface area (Å²) in [6.45, 7) is 4.19. The van der Waals surface area contributed by atoms with Crippen molar-refractivity contribution in [3.05, 3.63) is 0 Å². The van der Waals surface area contributed by atoms with Crippen molar-refractivity contribution in [3.63, 3.8) is 0 Å². The van der Waals surface area contributed by atoms with Crippen molar-refractivity contribution in [2.75, 3.05) is 0 Å². The van der Waals surface area contributed by atoms with Gasteiger partial charge in [0.2, 0.25) is 0 Å². The van der Waals surface area contributed by atoms with E-state index in [1.54, 1.807) is 0 Å². The zero-order valence-electron chi connectivity index (χ0n) is 7.30. The molecule has 0 spiro atoms. The van der Waals surface area contributed by atoms with Crippen LogP contribution in [-0.2, 0) is 0 Å². The van der Waals surface area contributed by atoms with Gasteiger partial charge in [-0.25, -0.2) is 0 Å². The van der Waals surface area contributed by atoms with E-state index in [2.05, 4.69) is 13.0 Å². The summed E-state index contributed by atoms with van der Waals surface area (Å²) in [4.78, 5) is 0. The summed E-state index contributed by atoms with van der Waals surface area (Å²) in [6, 6.07) is 2.60. The number of hydrogen-bond acceptors (Lipinski definition) is 2. The van der Waals surface area contributed by atoms with Crippen molar-refractivity contribution >= 4 is 0 Å². The van der Waals surface area contributed by atoms with Crippen molar-refractivity contribution in [1.29, 1.82) is 5.26 Å². The van der Waals surface area contributed by atoms with E-state index in [9.17, 15) is 0 Å². The first-order chi connectivity index (χ1) is 5.06. The van der Waals surface area contributed by atoms with Gasteiger partial charge in [0.1, 0.15) is 0 Å². The first-order valence-electron chi connectivity index (χ1n) is 4.22. The van der Waals surface area contributed by atoms with Gasteiger partial charge in [0, 0.05) is 6.04 Å². The molecular weight excluding hydrogens is 136 g/mol. The molecule has 0 bridgehead atoms. The van der Waals surface area contributed by atoms with Crippen molar-refractivity contribution in [2.24, 2.45) is 17.1 Å². The van der Waals surface area contributed by atoms with Crippen molar-refractivity contribution in [3.8, 4) is 6.07 Å². The summed E-state index contributed by atoms with van der Waals surface area (Å²) in [6.07, 6.45) is 2.96. The third-order valence-electron chi connectivity index (χ3n) is 2.49. The zero-order chi connectivity index (χ0) is 8.48. The Hall–Kier alpha value is -0.550. The Labute approximate surface area is 68.4 Å². The molecule has 0 amide bonds. The van der Waals surface area contributed by atoms with Crippen LogP contribution in [0, 0.1) is 22.7 Å². The minimum absolute atomic E-state index is 0.156. The molecule has 11 heavy (non-hydrogen) atoms. The average Bonchev–Trinajstić information content (AvgIpc) is 1.84. The van der Waals surface area contributed by atoms with Gasteiger partial charge < -0.3 is 5.73 Å². The van der Waals surface area contributed by atoms with Gasteiger partial charge in [-0.2, -0.15) is 5.26 Å². The van der Waals surface area contributed by atoms with Gasteiger partial charge >= 0.3 is 0 Å². The van der Waals surface area contributed by atoms with E-state index >= 15 is 0 Å². The van der Waals surface area contributed by atoms with Crippen LogP contribution in [0.3, 0.4) is 0 Å². The third kappa shape index (κ3) is 1.94. The number of rotatable bonds is 0. The van der Waals surface area contributed by atoms with Crippen LogP contribution in [-0.4, -0.2) is 6.04 Å². The molecule has 3 atom stereocenters. The fraction of sp³-hybridized carbons (Fsp3) is 0.889. The molecular formula is C9H16N2. The SMILES string of the molecule is C[C@H]1C[C@@H](N)C[C@](C)(C#N)C1. The minimum Gasteiger partial charge on any atom is -0.328 e. The van der Waals surface area contributed by atoms with Gasteiger partial charge in [0.15, 0.2) is 0 Å². The average molecular weight is 152 g/mol. The first kappa shape index (κ1) is 8.55. The lowest BCUT2D eigenvalue weighted by Crippen LogP contribution is -2.36. The standard InChI is InChI=1S/C9H16N2/c1-7-3-8(11)5-9(2,4-7)6-10/h7-8H,3-5,11H2,1-2H3/t7-,8+,9+/m0/s1. The predicted molar refractivity (Wildman–Crippen MR) is 44.7 cm³/mol. The normalized spacial score (nSPS) is 44.9. The Morgan fingerprint density at radius 3 is 2.64 bits per heavy atom. The summed E-state index contributed by atoms with van der Waals surface area (Å²) in [5.41, 5.74) is 5.67. The number of hydrogen-bond donors (Lipinski definition) is 1. The highest BCUT2D eigenvalue weighted by atomic mass is 14.7.